The predicted molar refractivity (Wildman–Crippen MR) is 128 cm³/mol. The van der Waals surface area contributed by atoms with E-state index in [0.717, 1.165) is 12.1 Å². The highest BCUT2D eigenvalue weighted by Gasteiger charge is 2.34. The van der Waals surface area contributed by atoms with Crippen LogP contribution in [0.5, 0.6) is 5.75 Å². The van der Waals surface area contributed by atoms with Crippen molar-refractivity contribution in [2.75, 3.05) is 6.61 Å². The molecule has 1 aromatic heterocycles. The topological polar surface area (TPSA) is 95.7 Å². The number of rotatable bonds is 7. The number of fused-ring (bicyclic) bond motifs is 1. The van der Waals surface area contributed by atoms with E-state index >= 15 is 0 Å². The van der Waals surface area contributed by atoms with E-state index in [4.69, 9.17) is 4.74 Å². The van der Waals surface area contributed by atoms with Crippen LogP contribution in [-0.2, 0) is 17.5 Å². The summed E-state index contributed by atoms with van der Waals surface area (Å²) < 4.78 is 75.5. The highest BCUT2D eigenvalue weighted by Crippen LogP contribution is 2.38. The predicted octanol–water partition coefficient (Wildman–Crippen LogP) is 5.22. The van der Waals surface area contributed by atoms with Crippen LogP contribution in [0.2, 0.25) is 0 Å². The van der Waals surface area contributed by atoms with Gasteiger partial charge in [0.05, 0.1) is 41.5 Å². The van der Waals surface area contributed by atoms with Crippen LogP contribution in [-0.4, -0.2) is 42.3 Å². The van der Waals surface area contributed by atoms with E-state index in [-0.39, 0.29) is 47.3 Å². The maximum Gasteiger partial charge on any atom is 0.417 e. The van der Waals surface area contributed by atoms with Gasteiger partial charge < -0.3 is 4.74 Å². The SMILES string of the molecule is CC(=O)COc1ccc(-c2ccc(Cn3cc4nc(-c5cccc(F)c5F)nc-4cn3)nn2)c(C(F)(F)F)c1. The average Bonchev–Trinajstić information content (AvgIpc) is 3.32. The van der Waals surface area contributed by atoms with E-state index in [1.165, 1.54) is 60.4 Å². The third-order valence-electron chi connectivity index (χ3n) is 5.57. The van der Waals surface area contributed by atoms with Crippen molar-refractivity contribution in [2.45, 2.75) is 19.6 Å². The van der Waals surface area contributed by atoms with Crippen LogP contribution in [0.25, 0.3) is 34.0 Å². The van der Waals surface area contributed by atoms with Gasteiger partial charge in [-0.2, -0.15) is 28.5 Å². The first-order chi connectivity index (χ1) is 18.6. The monoisotopic (exact) mass is 540 g/mol. The Hall–Kier alpha value is -4.81. The molecule has 0 bridgehead atoms. The summed E-state index contributed by atoms with van der Waals surface area (Å²) in [5.74, 6) is -2.49. The Morgan fingerprint density at radius 3 is 2.46 bits per heavy atom. The molecule has 3 aromatic rings. The molecule has 2 aliphatic rings. The van der Waals surface area contributed by atoms with Gasteiger partial charge in [-0.25, -0.2) is 18.7 Å². The first kappa shape index (κ1) is 25.8. The van der Waals surface area contributed by atoms with E-state index in [9.17, 15) is 26.7 Å². The summed E-state index contributed by atoms with van der Waals surface area (Å²) in [6.07, 6.45) is -1.77. The lowest BCUT2D eigenvalue weighted by molar-refractivity contribution is -0.137. The normalized spacial score (nSPS) is 11.6. The van der Waals surface area contributed by atoms with Gasteiger partial charge in [0.25, 0.3) is 0 Å². The Bertz CT molecular complexity index is 1640. The highest BCUT2D eigenvalue weighted by atomic mass is 19.4. The van der Waals surface area contributed by atoms with Gasteiger partial charge >= 0.3 is 6.18 Å². The second-order valence-electron chi connectivity index (χ2n) is 8.50. The minimum Gasteiger partial charge on any atom is -0.486 e. The van der Waals surface area contributed by atoms with E-state index in [1.807, 2.05) is 0 Å². The summed E-state index contributed by atoms with van der Waals surface area (Å²) in [6, 6.07) is 9.95. The van der Waals surface area contributed by atoms with E-state index in [0.29, 0.717) is 17.1 Å². The minimum absolute atomic E-state index is 0.00359. The minimum atomic E-state index is -4.70. The van der Waals surface area contributed by atoms with E-state index < -0.39 is 23.4 Å². The molecule has 2 aliphatic heterocycles. The Morgan fingerprint density at radius 2 is 1.74 bits per heavy atom. The number of carbonyl (C=O) groups is 1. The van der Waals surface area contributed by atoms with E-state index in [2.05, 4.69) is 25.3 Å². The molecule has 0 spiro atoms. The van der Waals surface area contributed by atoms with Gasteiger partial charge in [-0.1, -0.05) is 6.07 Å². The quantitative estimate of drug-likeness (QED) is 0.262. The number of aromatic nitrogens is 6. The molecule has 0 amide bonds. The number of halogens is 5. The summed E-state index contributed by atoms with van der Waals surface area (Å²) in [5, 5.41) is 12.2. The fraction of sp³-hybridized carbons (Fsp3) is 0.154. The molecule has 5 rings (SSSR count). The van der Waals surface area contributed by atoms with Crippen LogP contribution in [0.3, 0.4) is 0 Å². The van der Waals surface area contributed by atoms with Crippen LogP contribution in [0, 0.1) is 11.6 Å². The zero-order chi connectivity index (χ0) is 27.7. The lowest BCUT2D eigenvalue weighted by atomic mass is 10.0. The third kappa shape index (κ3) is 5.56. The maximum absolute atomic E-state index is 14.1. The number of imidazole rings is 1. The van der Waals surface area contributed by atoms with E-state index in [1.54, 1.807) is 0 Å². The average molecular weight is 540 g/mol. The Labute approximate surface area is 217 Å². The van der Waals surface area contributed by atoms with Gasteiger partial charge in [-0.05, 0) is 49.4 Å². The molecular formula is C26H17F5N6O2. The van der Waals surface area contributed by atoms with Crippen LogP contribution in [0.1, 0.15) is 18.2 Å². The molecule has 0 fully saturated rings. The molecule has 0 aliphatic carbocycles. The number of ether oxygens (including phenoxy) is 1. The molecule has 39 heavy (non-hydrogen) atoms. The molecular weight excluding hydrogens is 523 g/mol. The van der Waals surface area contributed by atoms with Gasteiger partial charge in [-0.3, -0.25) is 9.48 Å². The molecule has 0 atom stereocenters. The van der Waals surface area contributed by atoms with Crippen molar-refractivity contribution in [1.29, 1.82) is 0 Å². The van der Waals surface area contributed by atoms with Crippen molar-refractivity contribution in [3.63, 3.8) is 0 Å². The fourth-order valence-electron chi connectivity index (χ4n) is 3.75. The molecule has 198 valence electrons. The number of ketones is 1. The van der Waals surface area contributed by atoms with Crippen LogP contribution in [0.4, 0.5) is 22.0 Å². The summed E-state index contributed by atoms with van der Waals surface area (Å²) >= 11 is 0. The first-order valence-electron chi connectivity index (χ1n) is 11.4. The van der Waals surface area contributed by atoms with Crippen LogP contribution in [0.15, 0.2) is 60.9 Å². The summed E-state index contributed by atoms with van der Waals surface area (Å²) in [4.78, 5) is 19.5. The number of hydrogen-bond acceptors (Lipinski definition) is 7. The molecule has 0 radical (unpaired) electrons. The maximum atomic E-state index is 14.1. The molecule has 0 N–H and O–H groups in total. The number of nitrogens with zero attached hydrogens (tertiary/aromatic N) is 6. The van der Waals surface area contributed by atoms with Gasteiger partial charge in [0.2, 0.25) is 0 Å². The number of Topliss-reactive ketones (excluding diaryl/α,β-unsaturated/α-hetero) is 1. The second kappa shape index (κ2) is 10.2. The number of hydrogen-bond donors (Lipinski definition) is 0. The molecule has 8 nitrogen and oxygen atoms in total. The Kier molecular flexibility index (Phi) is 6.73. The van der Waals surface area contributed by atoms with Gasteiger partial charge in [0, 0.05) is 5.56 Å². The molecule has 0 saturated carbocycles. The highest BCUT2D eigenvalue weighted by molar-refractivity contribution is 5.77. The zero-order valence-corrected chi connectivity index (χ0v) is 20.1. The number of alkyl halides is 3. The molecule has 2 aromatic carbocycles. The van der Waals surface area contributed by atoms with Crippen molar-refractivity contribution in [2.24, 2.45) is 0 Å². The van der Waals surface area contributed by atoms with Crippen molar-refractivity contribution >= 4 is 5.78 Å². The second-order valence-corrected chi connectivity index (χ2v) is 8.50. The van der Waals surface area contributed by atoms with Gasteiger partial charge in [0.1, 0.15) is 23.7 Å². The van der Waals surface area contributed by atoms with Crippen LogP contribution < -0.4 is 4.74 Å². The van der Waals surface area contributed by atoms with Gasteiger partial charge in [-0.15, -0.1) is 0 Å². The molecule has 3 heterocycles. The zero-order valence-electron chi connectivity index (χ0n) is 20.1. The van der Waals surface area contributed by atoms with Crippen molar-refractivity contribution in [3.05, 3.63) is 83.8 Å². The molecule has 13 heteroatoms. The fourth-order valence-corrected chi connectivity index (χ4v) is 3.75. The largest absolute Gasteiger partial charge is 0.486 e. The standard InChI is InChI=1S/C26H17F5N6O2/c1-14(38)13-39-16-6-7-17(19(9-16)26(29,30)31)21-8-5-15(35-36-21)11-37-12-23-22(10-32-37)33-25(34-23)18-3-2-4-20(27)24(18)28/h2-10,12H,11,13H2,1H3. The summed E-state index contributed by atoms with van der Waals surface area (Å²) in [7, 11) is 0. The Morgan fingerprint density at radius 1 is 0.949 bits per heavy atom. The summed E-state index contributed by atoms with van der Waals surface area (Å²) in [6.45, 7) is 1.02. The number of carbonyl (C=O) groups excluding carboxylic acids is 1. The van der Waals surface area contributed by atoms with Crippen LogP contribution >= 0.6 is 0 Å². The first-order valence-corrected chi connectivity index (χ1v) is 11.4. The van der Waals surface area contributed by atoms with Gasteiger partial charge in [0.15, 0.2) is 23.2 Å². The van der Waals surface area contributed by atoms with Crippen molar-refractivity contribution < 1.29 is 31.5 Å². The lowest BCUT2D eigenvalue weighted by Gasteiger charge is -2.14. The number of benzene rings is 2. The Balaban J connectivity index is 1.38. The lowest BCUT2D eigenvalue weighted by Crippen LogP contribution is -2.11. The molecule has 0 unspecified atom stereocenters. The van der Waals surface area contributed by atoms with Crippen molar-refractivity contribution in [3.8, 4) is 39.8 Å². The third-order valence-corrected chi connectivity index (χ3v) is 5.57. The smallest absolute Gasteiger partial charge is 0.417 e. The molecule has 0 saturated heterocycles. The van der Waals surface area contributed by atoms with Crippen molar-refractivity contribution in [1.82, 2.24) is 29.9 Å². The summed E-state index contributed by atoms with van der Waals surface area (Å²) in [5.41, 5.74) is -0.156.